The highest BCUT2D eigenvalue weighted by Crippen LogP contribution is 2.29. The summed E-state index contributed by atoms with van der Waals surface area (Å²) in [4.78, 5) is 0. The molecule has 1 aromatic carbocycles. The smallest absolute Gasteiger partial charge is 0.285 e. The van der Waals surface area contributed by atoms with Crippen LogP contribution in [0.25, 0.3) is 0 Å². The minimum absolute atomic E-state index is 0.0436. The van der Waals surface area contributed by atoms with Gasteiger partial charge in [0.2, 0.25) is 0 Å². The van der Waals surface area contributed by atoms with Gasteiger partial charge < -0.3 is 5.73 Å². The molecule has 0 fully saturated rings. The second kappa shape index (κ2) is 3.38. The average molecular weight is 189 g/mol. The van der Waals surface area contributed by atoms with Crippen LogP contribution in [-0.2, 0) is 5.92 Å². The summed E-state index contributed by atoms with van der Waals surface area (Å²) in [6.45, 7) is 0.505. The van der Waals surface area contributed by atoms with E-state index in [1.807, 2.05) is 0 Å². The van der Waals surface area contributed by atoms with Crippen molar-refractivity contribution >= 4 is 0 Å². The highest BCUT2D eigenvalue weighted by molar-refractivity contribution is 5.31. The molecule has 4 heteroatoms. The Morgan fingerprint density at radius 1 is 1.38 bits per heavy atom. The van der Waals surface area contributed by atoms with Gasteiger partial charge in [-0.05, 0) is 18.6 Å². The van der Waals surface area contributed by atoms with Gasteiger partial charge in [-0.3, -0.25) is 0 Å². The van der Waals surface area contributed by atoms with E-state index in [4.69, 9.17) is 5.73 Å². The molecule has 0 heterocycles. The summed E-state index contributed by atoms with van der Waals surface area (Å²) in [5, 5.41) is 0. The summed E-state index contributed by atoms with van der Waals surface area (Å²) in [5.74, 6) is -3.78. The van der Waals surface area contributed by atoms with Crippen LogP contribution in [0.1, 0.15) is 11.1 Å². The van der Waals surface area contributed by atoms with Gasteiger partial charge in [0, 0.05) is 5.56 Å². The standard InChI is InChI=1S/C9H10F3N/c1-6-7(9(11,12)5-13)3-2-4-8(6)10/h2-4H,5,13H2,1H3. The summed E-state index contributed by atoms with van der Waals surface area (Å²) >= 11 is 0. The van der Waals surface area contributed by atoms with Crippen LogP contribution in [0.3, 0.4) is 0 Å². The first-order chi connectivity index (χ1) is 5.99. The van der Waals surface area contributed by atoms with E-state index in [-0.39, 0.29) is 11.1 Å². The second-order valence-electron chi connectivity index (χ2n) is 2.82. The van der Waals surface area contributed by atoms with E-state index in [1.54, 1.807) is 0 Å². The molecule has 0 unspecified atom stereocenters. The Kier molecular flexibility index (Phi) is 2.61. The van der Waals surface area contributed by atoms with Crippen molar-refractivity contribution in [3.05, 3.63) is 35.1 Å². The third-order valence-electron chi connectivity index (χ3n) is 1.92. The SMILES string of the molecule is Cc1c(F)cccc1C(F)(F)CN. The van der Waals surface area contributed by atoms with Crippen LogP contribution >= 0.6 is 0 Å². The van der Waals surface area contributed by atoms with E-state index in [0.717, 1.165) is 6.07 Å². The third kappa shape index (κ3) is 1.83. The van der Waals surface area contributed by atoms with Crippen LogP contribution in [0.5, 0.6) is 0 Å². The molecule has 0 saturated heterocycles. The highest BCUT2D eigenvalue weighted by atomic mass is 19.3. The lowest BCUT2D eigenvalue weighted by Crippen LogP contribution is -2.26. The number of hydrogen-bond acceptors (Lipinski definition) is 1. The Balaban J connectivity index is 3.22. The Hall–Kier alpha value is -1.03. The fourth-order valence-electron chi connectivity index (χ4n) is 1.11. The molecule has 0 aliphatic rings. The number of rotatable bonds is 2. The van der Waals surface area contributed by atoms with Crippen molar-refractivity contribution in [2.45, 2.75) is 12.8 Å². The largest absolute Gasteiger partial charge is 0.325 e. The van der Waals surface area contributed by atoms with Gasteiger partial charge in [0.05, 0.1) is 6.54 Å². The zero-order chi connectivity index (χ0) is 10.1. The summed E-state index contributed by atoms with van der Waals surface area (Å²) < 4.78 is 38.9. The lowest BCUT2D eigenvalue weighted by Gasteiger charge is -2.16. The van der Waals surface area contributed by atoms with Gasteiger partial charge in [0.25, 0.3) is 5.92 Å². The van der Waals surface area contributed by atoms with Gasteiger partial charge in [-0.2, -0.15) is 8.78 Å². The van der Waals surface area contributed by atoms with Crippen molar-refractivity contribution < 1.29 is 13.2 Å². The van der Waals surface area contributed by atoms with Crippen LogP contribution in [0.2, 0.25) is 0 Å². The Morgan fingerprint density at radius 2 is 2.00 bits per heavy atom. The molecule has 0 aromatic heterocycles. The van der Waals surface area contributed by atoms with Gasteiger partial charge in [-0.25, -0.2) is 4.39 Å². The first kappa shape index (κ1) is 10.1. The summed E-state index contributed by atoms with van der Waals surface area (Å²) in [6.07, 6.45) is 0. The zero-order valence-electron chi connectivity index (χ0n) is 7.15. The molecule has 0 bridgehead atoms. The highest BCUT2D eigenvalue weighted by Gasteiger charge is 2.31. The van der Waals surface area contributed by atoms with Crippen LogP contribution in [0.15, 0.2) is 18.2 Å². The maximum absolute atomic E-state index is 13.0. The minimum Gasteiger partial charge on any atom is -0.325 e. The van der Waals surface area contributed by atoms with Crippen LogP contribution < -0.4 is 5.73 Å². The fraction of sp³-hybridized carbons (Fsp3) is 0.333. The van der Waals surface area contributed by atoms with Gasteiger partial charge in [-0.1, -0.05) is 12.1 Å². The van der Waals surface area contributed by atoms with Crippen molar-refractivity contribution in [3.63, 3.8) is 0 Å². The molecule has 1 rings (SSSR count). The molecule has 2 N–H and O–H groups in total. The molecule has 1 nitrogen and oxygen atoms in total. The number of benzene rings is 1. The Bertz CT molecular complexity index is 310. The summed E-state index contributed by atoms with van der Waals surface area (Å²) in [6, 6.07) is 3.58. The Labute approximate surface area is 74.4 Å². The van der Waals surface area contributed by atoms with E-state index in [0.29, 0.717) is 0 Å². The first-order valence-corrected chi connectivity index (χ1v) is 3.82. The maximum Gasteiger partial charge on any atom is 0.285 e. The molecule has 0 spiro atoms. The van der Waals surface area contributed by atoms with E-state index in [9.17, 15) is 13.2 Å². The van der Waals surface area contributed by atoms with E-state index in [2.05, 4.69) is 0 Å². The lowest BCUT2D eigenvalue weighted by molar-refractivity contribution is 0.00497. The van der Waals surface area contributed by atoms with Gasteiger partial charge in [0.1, 0.15) is 5.82 Å². The molecular weight excluding hydrogens is 179 g/mol. The van der Waals surface area contributed by atoms with Crippen molar-refractivity contribution in [2.24, 2.45) is 5.73 Å². The van der Waals surface area contributed by atoms with Crippen LogP contribution in [0, 0.1) is 12.7 Å². The van der Waals surface area contributed by atoms with Crippen molar-refractivity contribution in [1.29, 1.82) is 0 Å². The van der Waals surface area contributed by atoms with Gasteiger partial charge in [0.15, 0.2) is 0 Å². The quantitative estimate of drug-likeness (QED) is 0.758. The number of alkyl halides is 2. The first-order valence-electron chi connectivity index (χ1n) is 3.82. The van der Waals surface area contributed by atoms with E-state index >= 15 is 0 Å². The molecule has 0 radical (unpaired) electrons. The van der Waals surface area contributed by atoms with E-state index in [1.165, 1.54) is 19.1 Å². The zero-order valence-corrected chi connectivity index (χ0v) is 7.15. The molecule has 0 amide bonds. The second-order valence-corrected chi connectivity index (χ2v) is 2.82. The predicted molar refractivity (Wildman–Crippen MR) is 44.1 cm³/mol. The predicted octanol–water partition coefficient (Wildman–Crippen LogP) is 2.18. The average Bonchev–Trinajstić information content (AvgIpc) is 2.09. The molecule has 1 aromatic rings. The molecule has 0 atom stereocenters. The fourth-order valence-corrected chi connectivity index (χ4v) is 1.11. The summed E-state index contributed by atoms with van der Waals surface area (Å²) in [7, 11) is 0. The van der Waals surface area contributed by atoms with Crippen LogP contribution in [-0.4, -0.2) is 6.54 Å². The molecule has 0 aliphatic heterocycles. The third-order valence-corrected chi connectivity index (χ3v) is 1.92. The topological polar surface area (TPSA) is 26.0 Å². The molecule has 13 heavy (non-hydrogen) atoms. The normalized spacial score (nSPS) is 11.8. The number of hydrogen-bond donors (Lipinski definition) is 1. The van der Waals surface area contributed by atoms with Crippen LogP contribution in [0.4, 0.5) is 13.2 Å². The maximum atomic E-state index is 13.0. The lowest BCUT2D eigenvalue weighted by atomic mass is 10.0. The number of halogens is 3. The molecule has 72 valence electrons. The van der Waals surface area contributed by atoms with Crippen molar-refractivity contribution in [2.75, 3.05) is 6.54 Å². The van der Waals surface area contributed by atoms with Gasteiger partial charge >= 0.3 is 0 Å². The number of nitrogens with two attached hydrogens (primary N) is 1. The molecule has 0 saturated carbocycles. The van der Waals surface area contributed by atoms with E-state index < -0.39 is 18.3 Å². The molecular formula is C9H10F3N. The minimum atomic E-state index is -3.15. The Morgan fingerprint density at radius 3 is 2.54 bits per heavy atom. The molecule has 0 aliphatic carbocycles. The van der Waals surface area contributed by atoms with Crippen molar-refractivity contribution in [3.8, 4) is 0 Å². The van der Waals surface area contributed by atoms with Crippen molar-refractivity contribution in [1.82, 2.24) is 0 Å². The van der Waals surface area contributed by atoms with Gasteiger partial charge in [-0.15, -0.1) is 0 Å². The monoisotopic (exact) mass is 189 g/mol. The summed E-state index contributed by atoms with van der Waals surface area (Å²) in [5.41, 5.74) is 4.50.